The molecule has 1 aliphatic carbocycles. The number of nitrogens with one attached hydrogen (secondary N) is 1. The summed E-state index contributed by atoms with van der Waals surface area (Å²) in [5, 5.41) is 17.3. The molecular formula is C19H25N5O2S. The van der Waals surface area contributed by atoms with Crippen molar-refractivity contribution in [3.8, 4) is 0 Å². The summed E-state index contributed by atoms with van der Waals surface area (Å²) in [5.41, 5.74) is 2.30. The van der Waals surface area contributed by atoms with E-state index in [9.17, 15) is 9.90 Å². The van der Waals surface area contributed by atoms with Gasteiger partial charge in [-0.1, -0.05) is 20.8 Å². The van der Waals surface area contributed by atoms with Crippen LogP contribution in [0.4, 0.5) is 0 Å². The van der Waals surface area contributed by atoms with Crippen molar-refractivity contribution in [1.29, 1.82) is 0 Å². The maximum Gasteiger partial charge on any atom is 0.291 e. The SMILES string of the molecule is CC(O)CNC(=O)c1nc2c3c4c(sc3ncn2n1)CC(C(C)(C)C)CC4. The van der Waals surface area contributed by atoms with Crippen LogP contribution in [0.2, 0.25) is 0 Å². The fourth-order valence-electron chi connectivity index (χ4n) is 3.73. The second-order valence-electron chi connectivity index (χ2n) is 8.50. The first-order valence-corrected chi connectivity index (χ1v) is 10.2. The van der Waals surface area contributed by atoms with Crippen LogP contribution in [-0.2, 0) is 12.8 Å². The Balaban J connectivity index is 1.74. The lowest BCUT2D eigenvalue weighted by Crippen LogP contribution is -2.31. The van der Waals surface area contributed by atoms with Gasteiger partial charge in [-0.15, -0.1) is 16.4 Å². The Morgan fingerprint density at radius 1 is 1.48 bits per heavy atom. The first kappa shape index (κ1) is 18.3. The third-order valence-electron chi connectivity index (χ3n) is 5.37. The number of hydrogen-bond acceptors (Lipinski definition) is 6. The van der Waals surface area contributed by atoms with Gasteiger partial charge >= 0.3 is 0 Å². The zero-order chi connectivity index (χ0) is 19.3. The van der Waals surface area contributed by atoms with Gasteiger partial charge < -0.3 is 10.4 Å². The molecule has 0 saturated carbocycles. The quantitative estimate of drug-likeness (QED) is 0.721. The summed E-state index contributed by atoms with van der Waals surface area (Å²) in [7, 11) is 0. The number of carbonyl (C=O) groups excluding carboxylic acids is 1. The molecule has 27 heavy (non-hydrogen) atoms. The number of aliphatic hydroxyl groups is 1. The molecule has 1 aliphatic rings. The molecule has 3 aromatic heterocycles. The van der Waals surface area contributed by atoms with E-state index in [1.807, 2.05) is 0 Å². The number of amides is 1. The van der Waals surface area contributed by atoms with Crippen molar-refractivity contribution in [2.45, 2.75) is 53.1 Å². The molecule has 3 aromatic rings. The third kappa shape index (κ3) is 3.32. The van der Waals surface area contributed by atoms with Crippen LogP contribution in [-0.4, -0.2) is 43.2 Å². The second-order valence-corrected chi connectivity index (χ2v) is 9.58. The number of thiophene rings is 1. The van der Waals surface area contributed by atoms with Gasteiger partial charge in [-0.2, -0.15) is 0 Å². The minimum Gasteiger partial charge on any atom is -0.392 e. The molecule has 144 valence electrons. The Hall–Kier alpha value is -2.06. The number of nitrogens with zero attached hydrogens (tertiary/aromatic N) is 4. The van der Waals surface area contributed by atoms with E-state index in [0.29, 0.717) is 17.0 Å². The van der Waals surface area contributed by atoms with Crippen LogP contribution >= 0.6 is 11.3 Å². The van der Waals surface area contributed by atoms with Crippen LogP contribution in [0.1, 0.15) is 55.2 Å². The normalized spacial score (nSPS) is 18.6. The first-order chi connectivity index (χ1) is 12.7. The van der Waals surface area contributed by atoms with Crippen molar-refractivity contribution in [1.82, 2.24) is 24.9 Å². The Kier molecular flexibility index (Phi) is 4.43. The maximum atomic E-state index is 12.3. The number of hydrogen-bond donors (Lipinski definition) is 2. The van der Waals surface area contributed by atoms with Crippen molar-refractivity contribution >= 4 is 33.1 Å². The fourth-order valence-corrected chi connectivity index (χ4v) is 4.99. The molecule has 0 spiro atoms. The predicted octanol–water partition coefficient (Wildman–Crippen LogP) is 2.60. The zero-order valence-electron chi connectivity index (χ0n) is 16.1. The van der Waals surface area contributed by atoms with E-state index in [4.69, 9.17) is 0 Å². The number of fused-ring (bicyclic) bond motifs is 5. The highest BCUT2D eigenvalue weighted by Crippen LogP contribution is 2.43. The van der Waals surface area contributed by atoms with Gasteiger partial charge in [0.2, 0.25) is 5.82 Å². The van der Waals surface area contributed by atoms with E-state index in [1.165, 1.54) is 10.4 Å². The monoisotopic (exact) mass is 387 g/mol. The van der Waals surface area contributed by atoms with Crippen molar-refractivity contribution in [2.24, 2.45) is 11.3 Å². The highest BCUT2D eigenvalue weighted by Gasteiger charge is 2.32. The van der Waals surface area contributed by atoms with Gasteiger partial charge in [0.05, 0.1) is 11.5 Å². The van der Waals surface area contributed by atoms with Crippen LogP contribution in [0.5, 0.6) is 0 Å². The minimum atomic E-state index is -0.612. The van der Waals surface area contributed by atoms with Crippen LogP contribution in [0.25, 0.3) is 15.9 Å². The van der Waals surface area contributed by atoms with Gasteiger partial charge in [-0.05, 0) is 43.1 Å². The first-order valence-electron chi connectivity index (χ1n) is 9.36. The zero-order valence-corrected chi connectivity index (χ0v) is 16.9. The van der Waals surface area contributed by atoms with Crippen molar-refractivity contribution < 1.29 is 9.90 Å². The number of rotatable bonds is 3. The van der Waals surface area contributed by atoms with Crippen LogP contribution in [0.3, 0.4) is 0 Å². The Morgan fingerprint density at radius 3 is 2.96 bits per heavy atom. The number of aliphatic hydroxyl groups excluding tert-OH is 1. The molecule has 2 N–H and O–H groups in total. The fraction of sp³-hybridized carbons (Fsp3) is 0.579. The van der Waals surface area contributed by atoms with E-state index in [1.54, 1.807) is 29.1 Å². The number of carbonyl (C=O) groups is 1. The van der Waals surface area contributed by atoms with E-state index < -0.39 is 6.10 Å². The second kappa shape index (κ2) is 6.53. The van der Waals surface area contributed by atoms with Gasteiger partial charge in [0.1, 0.15) is 11.2 Å². The summed E-state index contributed by atoms with van der Waals surface area (Å²) in [5.74, 6) is 0.381. The van der Waals surface area contributed by atoms with Crippen molar-refractivity contribution in [3.05, 3.63) is 22.6 Å². The van der Waals surface area contributed by atoms with E-state index in [2.05, 4.69) is 41.2 Å². The van der Waals surface area contributed by atoms with Gasteiger partial charge in [-0.3, -0.25) is 4.79 Å². The molecule has 3 heterocycles. The lowest BCUT2D eigenvalue weighted by Gasteiger charge is -2.33. The predicted molar refractivity (Wildman–Crippen MR) is 105 cm³/mol. The van der Waals surface area contributed by atoms with Crippen LogP contribution in [0.15, 0.2) is 6.33 Å². The average molecular weight is 388 g/mol. The van der Waals surface area contributed by atoms with Crippen molar-refractivity contribution in [2.75, 3.05) is 6.54 Å². The topological polar surface area (TPSA) is 92.4 Å². The molecule has 0 aromatic carbocycles. The van der Waals surface area contributed by atoms with Gasteiger partial charge in [0, 0.05) is 11.4 Å². The molecule has 8 heteroatoms. The number of aryl methyl sites for hydroxylation is 1. The maximum absolute atomic E-state index is 12.3. The molecule has 1 amide bonds. The molecule has 0 fully saturated rings. The highest BCUT2D eigenvalue weighted by atomic mass is 32.1. The summed E-state index contributed by atoms with van der Waals surface area (Å²) in [4.78, 5) is 23.7. The van der Waals surface area contributed by atoms with Crippen LogP contribution < -0.4 is 5.32 Å². The standard InChI is InChI=1S/C19H25N5O2S/c1-10(25)8-20-17(26)15-22-16-14-12-6-5-11(19(2,3)4)7-13(12)27-18(14)21-9-24(16)23-15/h9-11,25H,5-8H2,1-4H3,(H,20,26). The minimum absolute atomic E-state index is 0.105. The molecule has 2 unspecified atom stereocenters. The molecule has 0 aliphatic heterocycles. The summed E-state index contributed by atoms with van der Waals surface area (Å²) in [6, 6.07) is 0. The molecular weight excluding hydrogens is 362 g/mol. The summed E-state index contributed by atoms with van der Waals surface area (Å²) < 4.78 is 1.59. The third-order valence-corrected chi connectivity index (χ3v) is 6.53. The summed E-state index contributed by atoms with van der Waals surface area (Å²) >= 11 is 1.74. The molecule has 0 radical (unpaired) electrons. The summed E-state index contributed by atoms with van der Waals surface area (Å²) in [6.07, 6.45) is 4.24. The lowest BCUT2D eigenvalue weighted by atomic mass is 9.72. The van der Waals surface area contributed by atoms with E-state index in [0.717, 1.165) is 29.5 Å². The lowest BCUT2D eigenvalue weighted by molar-refractivity contribution is 0.0914. The van der Waals surface area contributed by atoms with Crippen molar-refractivity contribution in [3.63, 3.8) is 0 Å². The van der Waals surface area contributed by atoms with Gasteiger partial charge in [0.25, 0.3) is 5.91 Å². The highest BCUT2D eigenvalue weighted by molar-refractivity contribution is 7.19. The molecule has 2 atom stereocenters. The smallest absolute Gasteiger partial charge is 0.291 e. The molecule has 0 saturated heterocycles. The molecule has 0 bridgehead atoms. The van der Waals surface area contributed by atoms with E-state index >= 15 is 0 Å². The number of aromatic nitrogens is 4. The van der Waals surface area contributed by atoms with Gasteiger partial charge in [-0.25, -0.2) is 14.5 Å². The molecule has 7 nitrogen and oxygen atoms in total. The van der Waals surface area contributed by atoms with E-state index in [-0.39, 0.29) is 18.3 Å². The average Bonchev–Trinajstić information content (AvgIpc) is 3.18. The molecule has 4 rings (SSSR count). The largest absolute Gasteiger partial charge is 0.392 e. The Morgan fingerprint density at radius 2 is 2.26 bits per heavy atom. The Bertz CT molecular complexity index is 1010. The van der Waals surface area contributed by atoms with Crippen LogP contribution in [0, 0.1) is 11.3 Å². The Labute approximate surface area is 161 Å². The summed E-state index contributed by atoms with van der Waals surface area (Å²) in [6.45, 7) is 8.71. The van der Waals surface area contributed by atoms with Gasteiger partial charge in [0.15, 0.2) is 5.65 Å².